The van der Waals surface area contributed by atoms with Crippen molar-refractivity contribution in [1.82, 2.24) is 19.9 Å². The van der Waals surface area contributed by atoms with Gasteiger partial charge in [-0.15, -0.1) is 0 Å². The molecule has 3 heterocycles. The van der Waals surface area contributed by atoms with E-state index in [2.05, 4.69) is 20.7 Å². The molecular weight excluding hydrogens is 349 g/mol. The number of nitrogens with zero attached hydrogens (tertiary/aromatic N) is 3. The number of nitrogens with one attached hydrogen (secondary N) is 2. The van der Waals surface area contributed by atoms with Crippen LogP contribution in [0.1, 0.15) is 41.4 Å². The first-order chi connectivity index (χ1) is 12.9. The SMILES string of the molecule is Cc1cn2ncc3c2nc1N[C@H](C)c1cc(F)ccc1O[C@@H](C)CNC3=O. The molecule has 1 aliphatic rings. The summed E-state index contributed by atoms with van der Waals surface area (Å²) in [6.07, 6.45) is 3.01. The van der Waals surface area contributed by atoms with Crippen LogP contribution in [0.2, 0.25) is 0 Å². The van der Waals surface area contributed by atoms with Crippen molar-refractivity contribution in [2.24, 2.45) is 0 Å². The van der Waals surface area contributed by atoms with Gasteiger partial charge < -0.3 is 15.4 Å². The molecule has 140 valence electrons. The molecule has 1 aliphatic heterocycles. The number of ether oxygens (including phenoxy) is 1. The second kappa shape index (κ2) is 6.53. The summed E-state index contributed by atoms with van der Waals surface area (Å²) < 4.78 is 21.4. The van der Waals surface area contributed by atoms with Gasteiger partial charge in [0.2, 0.25) is 0 Å². The van der Waals surface area contributed by atoms with E-state index < -0.39 is 0 Å². The summed E-state index contributed by atoms with van der Waals surface area (Å²) in [6, 6.07) is 4.17. The molecule has 0 fully saturated rings. The number of carbonyl (C=O) groups is 1. The lowest BCUT2D eigenvalue weighted by atomic mass is 10.1. The lowest BCUT2D eigenvalue weighted by molar-refractivity contribution is 0.0933. The second-order valence-corrected chi connectivity index (χ2v) is 6.79. The maximum atomic E-state index is 13.9. The van der Waals surface area contributed by atoms with E-state index >= 15 is 0 Å². The highest BCUT2D eigenvalue weighted by atomic mass is 19.1. The number of amides is 1. The van der Waals surface area contributed by atoms with Gasteiger partial charge in [0.15, 0.2) is 5.65 Å². The van der Waals surface area contributed by atoms with Crippen LogP contribution in [0.5, 0.6) is 5.75 Å². The van der Waals surface area contributed by atoms with E-state index in [0.717, 1.165) is 5.56 Å². The minimum atomic E-state index is -0.338. The largest absolute Gasteiger partial charge is 0.489 e. The summed E-state index contributed by atoms with van der Waals surface area (Å²) in [4.78, 5) is 17.1. The van der Waals surface area contributed by atoms with Gasteiger partial charge in [-0.1, -0.05) is 0 Å². The number of halogens is 1. The van der Waals surface area contributed by atoms with Crippen LogP contribution in [-0.4, -0.2) is 33.2 Å². The van der Waals surface area contributed by atoms with Crippen molar-refractivity contribution in [2.45, 2.75) is 32.9 Å². The highest BCUT2D eigenvalue weighted by Crippen LogP contribution is 2.30. The lowest BCUT2D eigenvalue weighted by Gasteiger charge is -2.22. The number of rotatable bonds is 0. The highest BCUT2D eigenvalue weighted by molar-refractivity contribution is 5.99. The average Bonchev–Trinajstić information content (AvgIpc) is 3.03. The molecule has 1 aromatic carbocycles. The van der Waals surface area contributed by atoms with Crippen LogP contribution in [-0.2, 0) is 0 Å². The Hall–Kier alpha value is -3.16. The molecule has 4 rings (SSSR count). The summed E-state index contributed by atoms with van der Waals surface area (Å²) in [5, 5.41) is 10.4. The summed E-state index contributed by atoms with van der Waals surface area (Å²) in [5.41, 5.74) is 2.38. The minimum Gasteiger partial charge on any atom is -0.489 e. The van der Waals surface area contributed by atoms with Crippen LogP contribution in [0.4, 0.5) is 10.2 Å². The van der Waals surface area contributed by atoms with Crippen LogP contribution in [0.25, 0.3) is 5.65 Å². The molecular formula is C19H20FN5O2. The summed E-state index contributed by atoms with van der Waals surface area (Å²) in [5.74, 6) is 0.565. The van der Waals surface area contributed by atoms with Gasteiger partial charge in [0, 0.05) is 17.3 Å². The lowest BCUT2D eigenvalue weighted by Crippen LogP contribution is -2.33. The Kier molecular flexibility index (Phi) is 4.18. The van der Waals surface area contributed by atoms with E-state index in [-0.39, 0.29) is 23.9 Å². The molecule has 0 spiro atoms. The third-order valence-electron chi connectivity index (χ3n) is 4.59. The van der Waals surface area contributed by atoms with Crippen LogP contribution in [0.15, 0.2) is 30.6 Å². The first-order valence-electron chi connectivity index (χ1n) is 8.78. The maximum absolute atomic E-state index is 13.9. The first-order valence-corrected chi connectivity index (χ1v) is 8.78. The maximum Gasteiger partial charge on any atom is 0.256 e. The van der Waals surface area contributed by atoms with Gasteiger partial charge in [0.05, 0.1) is 18.8 Å². The molecule has 0 unspecified atom stereocenters. The van der Waals surface area contributed by atoms with Crippen LogP contribution in [0.3, 0.4) is 0 Å². The van der Waals surface area contributed by atoms with Crippen LogP contribution < -0.4 is 15.4 Å². The van der Waals surface area contributed by atoms with Gasteiger partial charge in [-0.3, -0.25) is 4.79 Å². The Morgan fingerprint density at radius 2 is 2.15 bits per heavy atom. The zero-order valence-electron chi connectivity index (χ0n) is 15.3. The summed E-state index contributed by atoms with van der Waals surface area (Å²) >= 11 is 0. The Bertz CT molecular complexity index is 1030. The predicted molar refractivity (Wildman–Crippen MR) is 98.6 cm³/mol. The fourth-order valence-electron chi connectivity index (χ4n) is 3.14. The minimum absolute atomic E-state index is 0.257. The predicted octanol–water partition coefficient (Wildman–Crippen LogP) is 2.86. The van der Waals surface area contributed by atoms with E-state index in [0.29, 0.717) is 34.9 Å². The first kappa shape index (κ1) is 17.3. The molecule has 0 aliphatic carbocycles. The topological polar surface area (TPSA) is 80.6 Å². The van der Waals surface area contributed by atoms with Gasteiger partial charge in [-0.05, 0) is 39.0 Å². The van der Waals surface area contributed by atoms with Crippen molar-refractivity contribution >= 4 is 17.4 Å². The molecule has 27 heavy (non-hydrogen) atoms. The van der Waals surface area contributed by atoms with Crippen molar-refractivity contribution in [2.75, 3.05) is 11.9 Å². The van der Waals surface area contributed by atoms with Gasteiger partial charge in [0.1, 0.15) is 29.1 Å². The van der Waals surface area contributed by atoms with Crippen LogP contribution in [0, 0.1) is 12.7 Å². The molecule has 0 saturated heterocycles. The third kappa shape index (κ3) is 3.18. The Labute approximate surface area is 155 Å². The zero-order chi connectivity index (χ0) is 19.1. The van der Waals surface area contributed by atoms with E-state index in [1.165, 1.54) is 18.3 Å². The van der Waals surface area contributed by atoms with Crippen molar-refractivity contribution in [3.63, 3.8) is 0 Å². The smallest absolute Gasteiger partial charge is 0.256 e. The van der Waals surface area contributed by atoms with Crippen molar-refractivity contribution in [1.29, 1.82) is 0 Å². The number of hydrogen-bond donors (Lipinski definition) is 2. The Morgan fingerprint density at radius 1 is 1.33 bits per heavy atom. The number of carbonyl (C=O) groups excluding carboxylic acids is 1. The molecule has 0 radical (unpaired) electrons. The number of anilines is 1. The molecule has 2 atom stereocenters. The molecule has 8 heteroatoms. The van der Waals surface area contributed by atoms with Gasteiger partial charge in [-0.25, -0.2) is 13.9 Å². The van der Waals surface area contributed by atoms with Gasteiger partial charge in [0.25, 0.3) is 5.91 Å². The third-order valence-corrected chi connectivity index (χ3v) is 4.59. The molecule has 2 aromatic heterocycles. The fraction of sp³-hybridized carbons (Fsp3) is 0.316. The summed E-state index contributed by atoms with van der Waals surface area (Å²) in [6.45, 7) is 5.96. The number of aryl methyl sites for hydroxylation is 1. The Morgan fingerprint density at radius 3 is 2.96 bits per heavy atom. The number of benzene rings is 1. The number of aromatic nitrogens is 3. The second-order valence-electron chi connectivity index (χ2n) is 6.79. The normalized spacial score (nSPS) is 19.9. The van der Waals surface area contributed by atoms with Gasteiger partial charge >= 0.3 is 0 Å². The molecule has 2 N–H and O–H groups in total. The van der Waals surface area contributed by atoms with Crippen LogP contribution >= 0.6 is 0 Å². The Balaban J connectivity index is 1.85. The molecule has 0 saturated carbocycles. The van der Waals surface area contributed by atoms with E-state index in [1.807, 2.05) is 20.8 Å². The summed E-state index contributed by atoms with van der Waals surface area (Å²) in [7, 11) is 0. The van der Waals surface area contributed by atoms with E-state index in [4.69, 9.17) is 4.74 Å². The van der Waals surface area contributed by atoms with E-state index in [1.54, 1.807) is 16.8 Å². The number of fused-ring (bicyclic) bond motifs is 2. The van der Waals surface area contributed by atoms with Crippen molar-refractivity contribution in [3.8, 4) is 5.75 Å². The number of hydrogen-bond acceptors (Lipinski definition) is 5. The molecule has 2 bridgehead atoms. The monoisotopic (exact) mass is 369 g/mol. The molecule has 1 amide bonds. The van der Waals surface area contributed by atoms with Crippen molar-refractivity contribution in [3.05, 3.63) is 53.1 Å². The molecule has 7 nitrogen and oxygen atoms in total. The zero-order valence-corrected chi connectivity index (χ0v) is 15.3. The standard InChI is InChI=1S/C19H20FN5O2/c1-10-9-25-18-15(8-22-25)19(26)21-7-11(2)27-16-5-4-13(20)6-14(16)12(3)23-17(10)24-18/h4-6,8-9,11-12H,7H2,1-3H3,(H,21,26)(H,23,24)/t11-,12+/m0/s1. The molecule has 3 aromatic rings. The quantitative estimate of drug-likeness (QED) is 0.637. The fourth-order valence-corrected chi connectivity index (χ4v) is 3.14. The van der Waals surface area contributed by atoms with Gasteiger partial charge in [-0.2, -0.15) is 5.10 Å². The highest BCUT2D eigenvalue weighted by Gasteiger charge is 2.21. The van der Waals surface area contributed by atoms with Crippen molar-refractivity contribution < 1.29 is 13.9 Å². The van der Waals surface area contributed by atoms with E-state index in [9.17, 15) is 9.18 Å². The average molecular weight is 369 g/mol.